The van der Waals surface area contributed by atoms with Gasteiger partial charge in [0.1, 0.15) is 23.7 Å². The summed E-state index contributed by atoms with van der Waals surface area (Å²) in [6.45, 7) is 4.17. The Morgan fingerprint density at radius 1 is 1.00 bits per heavy atom. The van der Waals surface area contributed by atoms with Crippen LogP contribution in [0.15, 0.2) is 59.3 Å². The largest absolute Gasteiger partial charge is 0.437 e. The van der Waals surface area contributed by atoms with Gasteiger partial charge in [-0.15, -0.1) is 0 Å². The summed E-state index contributed by atoms with van der Waals surface area (Å²) in [4.78, 5) is 25.7. The summed E-state index contributed by atoms with van der Waals surface area (Å²) in [6.07, 6.45) is 4.54. The number of urea groups is 1. The fourth-order valence-corrected chi connectivity index (χ4v) is 5.47. The molecule has 4 heterocycles. The molecule has 2 amide bonds. The van der Waals surface area contributed by atoms with E-state index in [0.29, 0.717) is 43.1 Å². The van der Waals surface area contributed by atoms with Crippen molar-refractivity contribution in [1.29, 1.82) is 0 Å². The van der Waals surface area contributed by atoms with Crippen molar-refractivity contribution in [1.82, 2.24) is 14.9 Å². The van der Waals surface area contributed by atoms with Crippen molar-refractivity contribution >= 4 is 28.6 Å². The molecule has 196 valence electrons. The number of carbonyl (C=O) groups is 1. The number of carbonyl (C=O) groups excluding carboxylic acids is 1. The van der Waals surface area contributed by atoms with Crippen molar-refractivity contribution in [3.05, 3.63) is 60.7 Å². The van der Waals surface area contributed by atoms with E-state index >= 15 is 0 Å². The van der Waals surface area contributed by atoms with Gasteiger partial charge in [0.15, 0.2) is 0 Å². The van der Waals surface area contributed by atoms with Crippen molar-refractivity contribution in [2.45, 2.75) is 44.8 Å². The third kappa shape index (κ3) is 4.58. The summed E-state index contributed by atoms with van der Waals surface area (Å²) in [7, 11) is 0. The molecule has 2 aromatic heterocycles. The number of nitrogens with zero attached hydrogens (tertiary/aromatic N) is 4. The van der Waals surface area contributed by atoms with E-state index in [1.54, 1.807) is 12.1 Å². The Morgan fingerprint density at radius 2 is 1.71 bits per heavy atom. The predicted molar refractivity (Wildman–Crippen MR) is 145 cm³/mol. The number of hydrogen-bond acceptors (Lipinski definition) is 6. The number of piperidine rings is 1. The minimum Gasteiger partial charge on any atom is -0.437 e. The lowest BCUT2D eigenvalue weighted by Gasteiger charge is -2.30. The van der Waals surface area contributed by atoms with E-state index in [1.807, 2.05) is 29.2 Å². The Kier molecular flexibility index (Phi) is 6.45. The lowest BCUT2D eigenvalue weighted by Crippen LogP contribution is -2.37. The molecular weight excluding hydrogens is 485 g/mol. The second-order valence-corrected chi connectivity index (χ2v) is 10.1. The smallest absolute Gasteiger partial charge is 0.322 e. The van der Waals surface area contributed by atoms with Crippen molar-refractivity contribution in [2.75, 3.05) is 29.9 Å². The van der Waals surface area contributed by atoms with Gasteiger partial charge in [-0.2, -0.15) is 0 Å². The first-order valence-corrected chi connectivity index (χ1v) is 13.1. The van der Waals surface area contributed by atoms with Gasteiger partial charge in [0.05, 0.1) is 11.5 Å². The van der Waals surface area contributed by atoms with Crippen LogP contribution in [0.25, 0.3) is 33.6 Å². The van der Waals surface area contributed by atoms with E-state index in [1.165, 1.54) is 18.5 Å². The van der Waals surface area contributed by atoms with Crippen LogP contribution in [0, 0.1) is 5.82 Å². The molecule has 2 aliphatic rings. The fraction of sp³-hybridized carbons (Fsp3) is 0.345. The van der Waals surface area contributed by atoms with Crippen LogP contribution < -0.4 is 10.2 Å². The summed E-state index contributed by atoms with van der Waals surface area (Å²) < 4.78 is 20.2. The molecule has 0 spiro atoms. The molecule has 2 saturated heterocycles. The molecule has 6 rings (SSSR count). The van der Waals surface area contributed by atoms with E-state index < -0.39 is 0 Å². The molecule has 9 heteroatoms. The summed E-state index contributed by atoms with van der Waals surface area (Å²) in [6, 6.07) is 14.0. The monoisotopic (exact) mass is 515 g/mol. The fourth-order valence-electron chi connectivity index (χ4n) is 5.47. The topological polar surface area (TPSA) is 94.7 Å². The zero-order chi connectivity index (χ0) is 26.2. The van der Waals surface area contributed by atoms with Crippen LogP contribution in [-0.2, 0) is 0 Å². The van der Waals surface area contributed by atoms with E-state index in [0.717, 1.165) is 47.3 Å². The van der Waals surface area contributed by atoms with Gasteiger partial charge in [-0.1, -0.05) is 12.1 Å². The summed E-state index contributed by atoms with van der Waals surface area (Å²) in [5.74, 6) is 1.01. The molecule has 4 aromatic rings. The normalized spacial score (nSPS) is 18.3. The SMILES string of the molecule is C[C@@H]1CCCN1C(=O)Nc1ccc(-c2oc3ncnc(N4CCC(O)CC4)c3c2-c2ccc(F)cc2)cc1. The number of rotatable bonds is 4. The molecule has 2 aromatic carbocycles. The Balaban J connectivity index is 1.40. The number of halogens is 1. The first-order valence-electron chi connectivity index (χ1n) is 13.1. The highest BCUT2D eigenvalue weighted by atomic mass is 19.1. The number of fused-ring (bicyclic) bond motifs is 1. The second kappa shape index (κ2) is 10.1. The maximum Gasteiger partial charge on any atom is 0.322 e. The number of nitrogens with one attached hydrogen (secondary N) is 1. The molecular formula is C29H30FN5O3. The minimum atomic E-state index is -0.322. The van der Waals surface area contributed by atoms with Gasteiger partial charge in [-0.25, -0.2) is 19.2 Å². The molecule has 2 fully saturated rings. The van der Waals surface area contributed by atoms with Crippen LogP contribution in [0.2, 0.25) is 0 Å². The number of amides is 2. The number of benzene rings is 2. The molecule has 8 nitrogen and oxygen atoms in total. The van der Waals surface area contributed by atoms with Gasteiger partial charge < -0.3 is 24.6 Å². The Hall–Kier alpha value is -3.98. The second-order valence-electron chi connectivity index (χ2n) is 10.1. The van der Waals surface area contributed by atoms with Gasteiger partial charge in [0.25, 0.3) is 0 Å². The Labute approximate surface area is 220 Å². The molecule has 2 N–H and O–H groups in total. The zero-order valence-corrected chi connectivity index (χ0v) is 21.2. The van der Waals surface area contributed by atoms with E-state index in [-0.39, 0.29) is 24.0 Å². The van der Waals surface area contributed by atoms with Crippen LogP contribution in [0.3, 0.4) is 0 Å². The number of aliphatic hydroxyl groups excluding tert-OH is 1. The van der Waals surface area contributed by atoms with Crippen LogP contribution in [0.1, 0.15) is 32.6 Å². The highest BCUT2D eigenvalue weighted by Gasteiger charge is 2.27. The summed E-state index contributed by atoms with van der Waals surface area (Å²) in [5.41, 5.74) is 3.51. The van der Waals surface area contributed by atoms with Crippen molar-refractivity contribution in [3.63, 3.8) is 0 Å². The maximum absolute atomic E-state index is 13.8. The first-order chi connectivity index (χ1) is 18.5. The molecule has 2 aliphatic heterocycles. The Bertz CT molecular complexity index is 1450. The Morgan fingerprint density at radius 3 is 2.39 bits per heavy atom. The first kappa shape index (κ1) is 24.4. The average Bonchev–Trinajstić information content (AvgIpc) is 3.54. The number of anilines is 2. The molecule has 0 saturated carbocycles. The molecule has 38 heavy (non-hydrogen) atoms. The molecule has 0 bridgehead atoms. The lowest BCUT2D eigenvalue weighted by atomic mass is 9.98. The van der Waals surface area contributed by atoms with E-state index in [2.05, 4.69) is 27.1 Å². The maximum atomic E-state index is 13.8. The third-order valence-electron chi connectivity index (χ3n) is 7.58. The zero-order valence-electron chi connectivity index (χ0n) is 21.2. The van der Waals surface area contributed by atoms with Crippen LogP contribution in [0.4, 0.5) is 20.7 Å². The lowest BCUT2D eigenvalue weighted by molar-refractivity contribution is 0.145. The number of aromatic nitrogens is 2. The van der Waals surface area contributed by atoms with E-state index in [9.17, 15) is 14.3 Å². The molecule has 1 atom stereocenters. The predicted octanol–water partition coefficient (Wildman–Crippen LogP) is 5.67. The number of hydrogen-bond donors (Lipinski definition) is 2. The quantitative estimate of drug-likeness (QED) is 0.364. The number of likely N-dealkylation sites (tertiary alicyclic amines) is 1. The van der Waals surface area contributed by atoms with Crippen molar-refractivity contribution in [3.8, 4) is 22.5 Å². The van der Waals surface area contributed by atoms with Crippen molar-refractivity contribution in [2.24, 2.45) is 0 Å². The summed E-state index contributed by atoms with van der Waals surface area (Å²) in [5, 5.41) is 13.8. The highest BCUT2D eigenvalue weighted by Crippen LogP contribution is 2.44. The van der Waals surface area contributed by atoms with Gasteiger partial charge in [0, 0.05) is 42.5 Å². The summed E-state index contributed by atoms with van der Waals surface area (Å²) >= 11 is 0. The standard InChI is InChI=1S/C29H30FN5O3/c1-18-3-2-14-35(18)29(37)33-22-10-6-20(7-11-22)26-24(19-4-8-21(30)9-5-19)25-27(31-17-32-28(25)38-26)34-15-12-23(36)13-16-34/h4-11,17-18,23,36H,2-3,12-16H2,1H3,(H,33,37)/t18-/m1/s1. The van der Waals surface area contributed by atoms with E-state index in [4.69, 9.17) is 4.42 Å². The number of furan rings is 1. The molecule has 0 radical (unpaired) electrons. The van der Waals surface area contributed by atoms with Gasteiger partial charge >= 0.3 is 6.03 Å². The molecule has 0 unspecified atom stereocenters. The minimum absolute atomic E-state index is 0.0925. The highest BCUT2D eigenvalue weighted by molar-refractivity contribution is 6.06. The van der Waals surface area contributed by atoms with Crippen LogP contribution >= 0.6 is 0 Å². The van der Waals surface area contributed by atoms with Crippen LogP contribution in [-0.4, -0.2) is 57.8 Å². The van der Waals surface area contributed by atoms with Gasteiger partial charge in [0.2, 0.25) is 5.71 Å². The van der Waals surface area contributed by atoms with Gasteiger partial charge in [-0.3, -0.25) is 0 Å². The van der Waals surface area contributed by atoms with Gasteiger partial charge in [-0.05, 0) is 74.6 Å². The third-order valence-corrected chi connectivity index (χ3v) is 7.58. The molecule has 0 aliphatic carbocycles. The van der Waals surface area contributed by atoms with Crippen molar-refractivity contribution < 1.29 is 18.7 Å². The van der Waals surface area contributed by atoms with Crippen LogP contribution in [0.5, 0.6) is 0 Å². The number of aliphatic hydroxyl groups is 1. The average molecular weight is 516 g/mol.